The van der Waals surface area contributed by atoms with Crippen LogP contribution in [0, 0.1) is 17.2 Å². The van der Waals surface area contributed by atoms with Crippen LogP contribution in [0.2, 0.25) is 0 Å². The predicted octanol–water partition coefficient (Wildman–Crippen LogP) is 3.86. The number of imide groups is 1. The molecule has 0 saturated carbocycles. The number of hydrogen-bond acceptors (Lipinski definition) is 14. The lowest BCUT2D eigenvalue weighted by Crippen LogP contribution is -2.51. The molecule has 292 valence electrons. The van der Waals surface area contributed by atoms with Crippen molar-refractivity contribution in [1.29, 1.82) is 5.26 Å². The molecule has 2 N–H and O–H groups in total. The summed E-state index contributed by atoms with van der Waals surface area (Å²) in [5.41, 5.74) is 5.49. The Morgan fingerprint density at radius 2 is 1.72 bits per heavy atom. The Hall–Kier alpha value is -5.99. The van der Waals surface area contributed by atoms with Gasteiger partial charge in [0.2, 0.25) is 22.9 Å². The van der Waals surface area contributed by atoms with Crippen molar-refractivity contribution in [1.82, 2.24) is 40.0 Å². The SMILES string of the molecule is N#Cc1cnn2c(-c3cc(NC4CCOCC4)c(-c4nnc(N5CCN(C(=O)C6CCN(c7ccc(C8CCC(=O)NC8=O)cn7)CC6)CC5)s4)cn3)ccc2c1. The van der Waals surface area contributed by atoms with Gasteiger partial charge in [-0.25, -0.2) is 9.50 Å². The fourth-order valence-electron chi connectivity index (χ4n) is 8.19. The first-order valence-electron chi connectivity index (χ1n) is 19.5. The maximum atomic E-state index is 13.7. The molecule has 4 saturated heterocycles. The monoisotopic (exact) mass is 786 g/mol. The largest absolute Gasteiger partial charge is 0.381 e. The molecule has 3 amide bonds. The molecule has 0 bridgehead atoms. The van der Waals surface area contributed by atoms with Crippen LogP contribution in [0.15, 0.2) is 55.0 Å². The number of aromatic nitrogens is 6. The van der Waals surface area contributed by atoms with Gasteiger partial charge in [-0.3, -0.25) is 24.7 Å². The van der Waals surface area contributed by atoms with E-state index in [2.05, 4.69) is 46.8 Å². The summed E-state index contributed by atoms with van der Waals surface area (Å²) in [6, 6.07) is 14.0. The van der Waals surface area contributed by atoms with E-state index < -0.39 is 0 Å². The highest BCUT2D eigenvalue weighted by atomic mass is 32.1. The van der Waals surface area contributed by atoms with Crippen LogP contribution in [0.5, 0.6) is 0 Å². The molecule has 1 atom stereocenters. The van der Waals surface area contributed by atoms with Crippen molar-refractivity contribution in [3.63, 3.8) is 0 Å². The maximum Gasteiger partial charge on any atom is 0.234 e. The highest BCUT2D eigenvalue weighted by Gasteiger charge is 2.33. The van der Waals surface area contributed by atoms with Crippen molar-refractivity contribution in [2.45, 2.75) is 50.5 Å². The van der Waals surface area contributed by atoms with Crippen LogP contribution in [-0.2, 0) is 19.1 Å². The average Bonchev–Trinajstić information content (AvgIpc) is 3.92. The molecule has 1 unspecified atom stereocenters. The Morgan fingerprint density at radius 3 is 2.47 bits per heavy atom. The van der Waals surface area contributed by atoms with Crippen molar-refractivity contribution in [3.05, 3.63) is 66.1 Å². The summed E-state index contributed by atoms with van der Waals surface area (Å²) in [6.45, 7) is 5.48. The minimum atomic E-state index is -0.355. The molecule has 5 aromatic heterocycles. The molecule has 0 radical (unpaired) electrons. The number of carbonyl (C=O) groups is 3. The number of nitriles is 1. The maximum absolute atomic E-state index is 13.7. The minimum Gasteiger partial charge on any atom is -0.381 e. The van der Waals surface area contributed by atoms with Crippen LogP contribution in [0.3, 0.4) is 0 Å². The van der Waals surface area contributed by atoms with Crippen LogP contribution in [0.4, 0.5) is 16.6 Å². The minimum absolute atomic E-state index is 0.0311. The Balaban J connectivity index is 0.825. The zero-order chi connectivity index (χ0) is 38.9. The average molecular weight is 787 g/mol. The number of piperidine rings is 2. The van der Waals surface area contributed by atoms with Crippen molar-refractivity contribution in [3.8, 4) is 28.0 Å². The van der Waals surface area contributed by atoms with Crippen LogP contribution in [0.25, 0.3) is 27.5 Å². The van der Waals surface area contributed by atoms with Gasteiger partial charge in [-0.2, -0.15) is 10.4 Å². The Morgan fingerprint density at radius 1 is 0.895 bits per heavy atom. The van der Waals surface area contributed by atoms with E-state index in [4.69, 9.17) is 9.72 Å². The summed E-state index contributed by atoms with van der Waals surface area (Å²) < 4.78 is 7.41. The molecule has 0 aromatic carbocycles. The van der Waals surface area contributed by atoms with E-state index in [1.165, 1.54) is 11.3 Å². The van der Waals surface area contributed by atoms with Gasteiger partial charge in [-0.15, -0.1) is 10.2 Å². The molecular weight excluding hydrogens is 745 g/mol. The summed E-state index contributed by atoms with van der Waals surface area (Å²) in [7, 11) is 0. The van der Waals surface area contributed by atoms with Gasteiger partial charge in [0, 0.05) is 88.9 Å². The quantitative estimate of drug-likeness (QED) is 0.216. The van der Waals surface area contributed by atoms with E-state index in [-0.39, 0.29) is 35.6 Å². The van der Waals surface area contributed by atoms with Gasteiger partial charge in [-0.1, -0.05) is 17.4 Å². The third-order valence-corrected chi connectivity index (χ3v) is 12.5. The molecule has 57 heavy (non-hydrogen) atoms. The van der Waals surface area contributed by atoms with Crippen molar-refractivity contribution < 1.29 is 19.1 Å². The summed E-state index contributed by atoms with van der Waals surface area (Å²) in [6.07, 6.45) is 9.28. The Labute approximate surface area is 332 Å². The van der Waals surface area contributed by atoms with Gasteiger partial charge in [0.15, 0.2) is 5.01 Å². The molecule has 4 fully saturated rings. The first-order valence-corrected chi connectivity index (χ1v) is 20.4. The summed E-state index contributed by atoms with van der Waals surface area (Å²) in [4.78, 5) is 53.4. The number of anilines is 3. The molecular formula is C40H42N12O4S. The lowest BCUT2D eigenvalue weighted by Gasteiger charge is -2.38. The van der Waals surface area contributed by atoms with E-state index in [0.29, 0.717) is 57.8 Å². The number of hydrogen-bond donors (Lipinski definition) is 2. The van der Waals surface area contributed by atoms with E-state index in [1.807, 2.05) is 47.5 Å². The third kappa shape index (κ3) is 7.62. The second-order valence-corrected chi connectivity index (χ2v) is 15.9. The molecule has 5 aromatic rings. The molecule has 4 aliphatic heterocycles. The Bertz CT molecular complexity index is 2330. The molecule has 0 spiro atoms. The van der Waals surface area contributed by atoms with Gasteiger partial charge in [0.25, 0.3) is 0 Å². The molecule has 17 heteroatoms. The topological polar surface area (TPSA) is 187 Å². The van der Waals surface area contributed by atoms with Crippen LogP contribution in [-0.4, -0.2) is 111 Å². The van der Waals surface area contributed by atoms with Crippen LogP contribution in [0.1, 0.15) is 55.6 Å². The number of ether oxygens (including phenoxy) is 1. The van der Waals surface area contributed by atoms with Crippen molar-refractivity contribution >= 4 is 51.2 Å². The number of fused-ring (bicyclic) bond motifs is 1. The van der Waals surface area contributed by atoms with Gasteiger partial charge >= 0.3 is 0 Å². The zero-order valence-corrected chi connectivity index (χ0v) is 32.2. The van der Waals surface area contributed by atoms with Gasteiger partial charge < -0.3 is 24.8 Å². The first-order chi connectivity index (χ1) is 27.9. The molecule has 0 aliphatic carbocycles. The number of carbonyl (C=O) groups excluding carboxylic acids is 3. The number of piperazine rings is 1. The first kappa shape index (κ1) is 36.6. The second kappa shape index (κ2) is 15.9. The number of nitrogens with zero attached hydrogens (tertiary/aromatic N) is 10. The van der Waals surface area contributed by atoms with Gasteiger partial charge in [-0.05, 0) is 68.0 Å². The zero-order valence-electron chi connectivity index (χ0n) is 31.3. The smallest absolute Gasteiger partial charge is 0.234 e. The van der Waals surface area contributed by atoms with Crippen molar-refractivity contribution in [2.75, 3.05) is 67.6 Å². The molecule has 16 nitrogen and oxygen atoms in total. The van der Waals surface area contributed by atoms with E-state index in [0.717, 1.165) is 88.4 Å². The molecule has 9 heterocycles. The summed E-state index contributed by atoms with van der Waals surface area (Å²) >= 11 is 1.53. The normalized spacial score (nSPS) is 19.8. The summed E-state index contributed by atoms with van der Waals surface area (Å²) in [5, 5.41) is 30.8. The third-order valence-electron chi connectivity index (χ3n) is 11.5. The van der Waals surface area contributed by atoms with Gasteiger partial charge in [0.1, 0.15) is 11.9 Å². The molecule has 4 aliphatic rings. The second-order valence-electron chi connectivity index (χ2n) is 15.0. The van der Waals surface area contributed by atoms with E-state index >= 15 is 0 Å². The lowest BCUT2D eigenvalue weighted by molar-refractivity contribution is -0.136. The van der Waals surface area contributed by atoms with Gasteiger partial charge in [0.05, 0.1) is 40.1 Å². The van der Waals surface area contributed by atoms with E-state index in [9.17, 15) is 19.6 Å². The van der Waals surface area contributed by atoms with Crippen LogP contribution < -0.4 is 20.4 Å². The van der Waals surface area contributed by atoms with Crippen LogP contribution >= 0.6 is 11.3 Å². The number of rotatable bonds is 8. The highest BCUT2D eigenvalue weighted by molar-refractivity contribution is 7.18. The summed E-state index contributed by atoms with van der Waals surface area (Å²) in [5.74, 6) is 0.169. The Kier molecular flexibility index (Phi) is 10.2. The van der Waals surface area contributed by atoms with E-state index in [1.54, 1.807) is 16.9 Å². The predicted molar refractivity (Wildman–Crippen MR) is 213 cm³/mol. The fourth-order valence-corrected chi connectivity index (χ4v) is 9.11. The van der Waals surface area contributed by atoms with Crippen molar-refractivity contribution in [2.24, 2.45) is 5.92 Å². The molecule has 9 rings (SSSR count). The lowest BCUT2D eigenvalue weighted by atomic mass is 9.91. The number of pyridine rings is 2. The fraction of sp³-hybridized carbons (Fsp3) is 0.425. The number of amides is 3. The standard InChI is InChI=1S/C40H42N12O4S/c41-21-25-19-29-2-4-34(52(29)44-22-25)33-20-32(45-28-9-17-56-18-10-28)31(24-42-33)38-47-48-40(57-38)51-15-13-50(14-16-51)39(55)26-7-11-49(12-8-26)35-5-1-27(23-43-35)30-3-6-36(53)46-37(30)54/h1-2,4-5,19-20,22-24,26,28,30H,3,6-18H2,(H,42,45)(H,46,53,54). The number of nitrogens with one attached hydrogen (secondary N) is 2. The highest BCUT2D eigenvalue weighted by Crippen LogP contribution is 2.37.